The van der Waals surface area contributed by atoms with E-state index in [2.05, 4.69) is 39.1 Å². The molecule has 1 atom stereocenters. The summed E-state index contributed by atoms with van der Waals surface area (Å²) in [6, 6.07) is 8.31. The van der Waals surface area contributed by atoms with Gasteiger partial charge in [0.05, 0.1) is 0 Å². The molecule has 20 heavy (non-hydrogen) atoms. The van der Waals surface area contributed by atoms with Crippen LogP contribution in [0.15, 0.2) is 24.3 Å². The maximum absolute atomic E-state index is 12.1. The van der Waals surface area contributed by atoms with E-state index >= 15 is 0 Å². The summed E-state index contributed by atoms with van der Waals surface area (Å²) in [4.78, 5) is 13.9. The number of amides is 1. The molecule has 3 nitrogen and oxygen atoms in total. The van der Waals surface area contributed by atoms with Crippen LogP contribution in [0.25, 0.3) is 0 Å². The van der Waals surface area contributed by atoms with Crippen LogP contribution in [0, 0.1) is 11.3 Å². The summed E-state index contributed by atoms with van der Waals surface area (Å²) in [5, 5.41) is 3.60. The lowest BCUT2D eigenvalue weighted by atomic mass is 9.80. The van der Waals surface area contributed by atoms with Crippen LogP contribution in [-0.4, -0.2) is 19.5 Å². The van der Waals surface area contributed by atoms with Crippen molar-refractivity contribution in [3.63, 3.8) is 0 Å². The molecule has 0 aliphatic carbocycles. The molecule has 1 unspecified atom stereocenters. The Hall–Kier alpha value is -1.35. The number of hydrogen-bond acceptors (Lipinski definition) is 2. The molecule has 1 aliphatic rings. The molecule has 1 N–H and O–H groups in total. The van der Waals surface area contributed by atoms with Gasteiger partial charge in [-0.05, 0) is 23.0 Å². The van der Waals surface area contributed by atoms with E-state index in [1.807, 2.05) is 25.2 Å². The molecule has 0 spiro atoms. The van der Waals surface area contributed by atoms with Crippen molar-refractivity contribution in [2.75, 3.05) is 18.5 Å². The SMILES string of the molecule is CC(C)C(C)(C)CNC1CC(=O)N(C)c2ccccc21. The van der Waals surface area contributed by atoms with E-state index in [4.69, 9.17) is 0 Å². The topological polar surface area (TPSA) is 32.3 Å². The van der Waals surface area contributed by atoms with Crippen molar-refractivity contribution in [3.8, 4) is 0 Å². The predicted molar refractivity (Wildman–Crippen MR) is 83.8 cm³/mol. The molecule has 1 aromatic carbocycles. The van der Waals surface area contributed by atoms with Crippen molar-refractivity contribution in [2.24, 2.45) is 11.3 Å². The van der Waals surface area contributed by atoms with Crippen LogP contribution in [0.4, 0.5) is 5.69 Å². The lowest BCUT2D eigenvalue weighted by molar-refractivity contribution is -0.119. The van der Waals surface area contributed by atoms with Gasteiger partial charge in [0.2, 0.25) is 5.91 Å². The highest BCUT2D eigenvalue weighted by Crippen LogP contribution is 2.34. The van der Waals surface area contributed by atoms with Gasteiger partial charge in [-0.1, -0.05) is 45.9 Å². The molecule has 0 aromatic heterocycles. The zero-order valence-corrected chi connectivity index (χ0v) is 13.2. The smallest absolute Gasteiger partial charge is 0.228 e. The van der Waals surface area contributed by atoms with Crippen molar-refractivity contribution >= 4 is 11.6 Å². The molecular formula is C17H26N2O. The van der Waals surface area contributed by atoms with E-state index in [0.717, 1.165) is 12.2 Å². The van der Waals surface area contributed by atoms with Crippen molar-refractivity contribution in [3.05, 3.63) is 29.8 Å². The first-order valence-corrected chi connectivity index (χ1v) is 7.42. The summed E-state index contributed by atoms with van der Waals surface area (Å²) in [5.74, 6) is 0.788. The van der Waals surface area contributed by atoms with Crippen molar-refractivity contribution in [1.82, 2.24) is 5.32 Å². The van der Waals surface area contributed by atoms with Gasteiger partial charge in [0.15, 0.2) is 0 Å². The van der Waals surface area contributed by atoms with Crippen LogP contribution in [0.3, 0.4) is 0 Å². The average molecular weight is 274 g/mol. The van der Waals surface area contributed by atoms with Crippen molar-refractivity contribution < 1.29 is 4.79 Å². The summed E-state index contributed by atoms with van der Waals surface area (Å²) in [6.07, 6.45) is 0.543. The number of nitrogens with one attached hydrogen (secondary N) is 1. The maximum Gasteiger partial charge on any atom is 0.228 e. The largest absolute Gasteiger partial charge is 0.315 e. The number of rotatable bonds is 4. The van der Waals surface area contributed by atoms with Gasteiger partial charge in [0, 0.05) is 31.7 Å². The Morgan fingerprint density at radius 1 is 1.35 bits per heavy atom. The molecule has 2 rings (SSSR count). The van der Waals surface area contributed by atoms with E-state index in [9.17, 15) is 4.79 Å². The van der Waals surface area contributed by atoms with Gasteiger partial charge in [0.25, 0.3) is 0 Å². The van der Waals surface area contributed by atoms with E-state index < -0.39 is 0 Å². The van der Waals surface area contributed by atoms with Crippen LogP contribution in [0.1, 0.15) is 45.7 Å². The number of carbonyl (C=O) groups excluding carboxylic acids is 1. The number of anilines is 1. The van der Waals surface area contributed by atoms with E-state index in [1.54, 1.807) is 4.90 Å². The van der Waals surface area contributed by atoms with Gasteiger partial charge >= 0.3 is 0 Å². The lowest BCUT2D eigenvalue weighted by Crippen LogP contribution is -2.41. The first-order chi connectivity index (χ1) is 9.33. The number of carbonyl (C=O) groups is 1. The molecule has 1 aliphatic heterocycles. The standard InChI is InChI=1S/C17H26N2O/c1-12(2)17(3,4)11-18-14-10-16(20)19(5)15-9-7-6-8-13(14)15/h6-9,12,14,18H,10-11H2,1-5H3. The Morgan fingerprint density at radius 2 is 2.00 bits per heavy atom. The van der Waals surface area contributed by atoms with E-state index in [1.165, 1.54) is 5.56 Å². The fourth-order valence-electron chi connectivity index (χ4n) is 2.42. The molecule has 3 heteroatoms. The summed E-state index contributed by atoms with van der Waals surface area (Å²) in [5.41, 5.74) is 2.49. The van der Waals surface area contributed by atoms with Crippen LogP contribution in [0.2, 0.25) is 0 Å². The Morgan fingerprint density at radius 3 is 2.65 bits per heavy atom. The Labute approximate surface area is 122 Å². The fraction of sp³-hybridized carbons (Fsp3) is 0.588. The van der Waals surface area contributed by atoms with Crippen molar-refractivity contribution in [1.29, 1.82) is 0 Å². The van der Waals surface area contributed by atoms with Gasteiger partial charge in [-0.15, -0.1) is 0 Å². The third-order valence-electron chi connectivity index (χ3n) is 4.79. The number of para-hydroxylation sites is 1. The molecule has 1 heterocycles. The highest BCUT2D eigenvalue weighted by Gasteiger charge is 2.30. The number of nitrogens with zero attached hydrogens (tertiary/aromatic N) is 1. The molecule has 0 saturated carbocycles. The summed E-state index contributed by atoms with van der Waals surface area (Å²) in [6.45, 7) is 9.95. The molecule has 0 radical (unpaired) electrons. The highest BCUT2D eigenvalue weighted by molar-refractivity contribution is 5.96. The Balaban J connectivity index is 2.17. The second-order valence-electron chi connectivity index (χ2n) is 6.79. The number of fused-ring (bicyclic) bond motifs is 1. The summed E-state index contributed by atoms with van der Waals surface area (Å²) >= 11 is 0. The molecule has 1 amide bonds. The molecular weight excluding hydrogens is 248 g/mol. The van der Waals surface area contributed by atoms with Gasteiger partial charge < -0.3 is 10.2 Å². The van der Waals surface area contributed by atoms with Gasteiger partial charge in [-0.3, -0.25) is 4.79 Å². The fourth-order valence-corrected chi connectivity index (χ4v) is 2.42. The quantitative estimate of drug-likeness (QED) is 0.913. The lowest BCUT2D eigenvalue weighted by Gasteiger charge is -2.36. The zero-order valence-electron chi connectivity index (χ0n) is 13.2. The maximum atomic E-state index is 12.1. The molecule has 0 fully saturated rings. The van der Waals surface area contributed by atoms with Crippen LogP contribution in [0.5, 0.6) is 0 Å². The first kappa shape index (κ1) is 15.0. The summed E-state index contributed by atoms with van der Waals surface area (Å²) < 4.78 is 0. The van der Waals surface area contributed by atoms with Crippen LogP contribution in [-0.2, 0) is 4.79 Å². The molecule has 1 aromatic rings. The molecule has 0 saturated heterocycles. The van der Waals surface area contributed by atoms with Crippen LogP contribution >= 0.6 is 0 Å². The highest BCUT2D eigenvalue weighted by atomic mass is 16.2. The van der Waals surface area contributed by atoms with E-state index in [0.29, 0.717) is 12.3 Å². The zero-order chi connectivity index (χ0) is 14.9. The van der Waals surface area contributed by atoms with Crippen LogP contribution < -0.4 is 10.2 Å². The third-order valence-corrected chi connectivity index (χ3v) is 4.79. The van der Waals surface area contributed by atoms with Gasteiger partial charge in [-0.2, -0.15) is 0 Å². The third kappa shape index (κ3) is 2.88. The summed E-state index contributed by atoms with van der Waals surface area (Å²) in [7, 11) is 1.86. The average Bonchev–Trinajstić information content (AvgIpc) is 2.41. The molecule has 0 bridgehead atoms. The minimum Gasteiger partial charge on any atom is -0.315 e. The number of benzene rings is 1. The Bertz CT molecular complexity index is 494. The molecule has 110 valence electrons. The number of hydrogen-bond donors (Lipinski definition) is 1. The van der Waals surface area contributed by atoms with Gasteiger partial charge in [-0.25, -0.2) is 0 Å². The second-order valence-corrected chi connectivity index (χ2v) is 6.79. The van der Waals surface area contributed by atoms with E-state index in [-0.39, 0.29) is 17.4 Å². The monoisotopic (exact) mass is 274 g/mol. The minimum atomic E-state index is 0.132. The van der Waals surface area contributed by atoms with Gasteiger partial charge in [0.1, 0.15) is 0 Å². The first-order valence-electron chi connectivity index (χ1n) is 7.42. The second kappa shape index (κ2) is 5.57. The predicted octanol–water partition coefficient (Wildman–Crippen LogP) is 3.37. The van der Waals surface area contributed by atoms with Crippen molar-refractivity contribution in [2.45, 2.75) is 40.2 Å². The normalized spacial score (nSPS) is 19.4. The minimum absolute atomic E-state index is 0.132. The Kier molecular flexibility index (Phi) is 4.19.